The number of aryl methyl sites for hydroxylation is 1. The summed E-state index contributed by atoms with van der Waals surface area (Å²) < 4.78 is 24.3. The van der Waals surface area contributed by atoms with Crippen molar-refractivity contribution in [3.05, 3.63) is 18.0 Å². The molecule has 2 fully saturated rings. The number of nitrogens with zero attached hydrogens (tertiary/aromatic N) is 3. The second-order valence-corrected chi connectivity index (χ2v) is 9.13. The Hall–Kier alpha value is -1.12. The van der Waals surface area contributed by atoms with E-state index in [1.54, 1.807) is 24.1 Å². The van der Waals surface area contributed by atoms with Crippen molar-refractivity contribution in [2.24, 2.45) is 18.9 Å². The molecule has 1 saturated heterocycles. The summed E-state index contributed by atoms with van der Waals surface area (Å²) in [6.07, 6.45) is 6.96. The number of amides is 1. The third kappa shape index (κ3) is 4.94. The van der Waals surface area contributed by atoms with E-state index in [4.69, 9.17) is 0 Å². The number of hydrogen-bond donors (Lipinski definition) is 1. The van der Waals surface area contributed by atoms with E-state index in [1.807, 2.05) is 0 Å². The van der Waals surface area contributed by atoms with E-state index in [-0.39, 0.29) is 30.1 Å². The second-order valence-electron chi connectivity index (χ2n) is 6.87. The minimum Gasteiger partial charge on any atom is -0.348 e. The van der Waals surface area contributed by atoms with Gasteiger partial charge in [0, 0.05) is 45.2 Å². The van der Waals surface area contributed by atoms with Gasteiger partial charge in [0.05, 0.1) is 17.5 Å². The van der Waals surface area contributed by atoms with Gasteiger partial charge in [-0.3, -0.25) is 14.4 Å². The van der Waals surface area contributed by atoms with Crippen LogP contribution in [-0.2, 0) is 16.9 Å². The second kappa shape index (κ2) is 7.41. The normalized spacial score (nSPS) is 24.6. The van der Waals surface area contributed by atoms with Crippen molar-refractivity contribution in [1.82, 2.24) is 20.0 Å². The molecule has 2 atom stereocenters. The fourth-order valence-electron chi connectivity index (χ4n) is 3.34. The lowest BCUT2D eigenvalue weighted by Gasteiger charge is -2.19. The number of likely N-dealkylation sites (tertiary alicyclic amines) is 1. The van der Waals surface area contributed by atoms with Crippen LogP contribution in [0.1, 0.15) is 23.2 Å². The molecule has 1 aromatic rings. The fraction of sp³-hybridized carbons (Fsp3) is 0.733. The zero-order chi connectivity index (χ0) is 16.6. The zero-order valence-corrected chi connectivity index (χ0v) is 15.6. The molecule has 0 unspecified atom stereocenters. The van der Waals surface area contributed by atoms with Crippen molar-refractivity contribution in [3.63, 3.8) is 0 Å². The maximum Gasteiger partial charge on any atom is 0.254 e. The van der Waals surface area contributed by atoms with E-state index in [0.717, 1.165) is 13.1 Å². The molecule has 0 aromatic carbocycles. The average Bonchev–Trinajstić information content (AvgIpc) is 3.08. The van der Waals surface area contributed by atoms with Gasteiger partial charge >= 0.3 is 0 Å². The highest BCUT2D eigenvalue weighted by Gasteiger charge is 2.43. The molecule has 136 valence electrons. The Balaban J connectivity index is 0.00000208. The van der Waals surface area contributed by atoms with Gasteiger partial charge in [0.15, 0.2) is 0 Å². The summed E-state index contributed by atoms with van der Waals surface area (Å²) in [5.74, 6) is 1.17. The van der Waals surface area contributed by atoms with Crippen molar-refractivity contribution in [3.8, 4) is 0 Å². The number of halogens is 1. The van der Waals surface area contributed by atoms with Crippen LogP contribution in [0.2, 0.25) is 0 Å². The molecule has 1 saturated carbocycles. The third-order valence-electron chi connectivity index (χ3n) is 4.73. The SMILES string of the molecule is Cl.Cn1cc(C(=O)N[C@H]2CN(CCS(C)(=O)=O)C[C@@H]2C2CC2)cn1. The van der Waals surface area contributed by atoms with Gasteiger partial charge < -0.3 is 5.32 Å². The molecule has 0 radical (unpaired) electrons. The predicted molar refractivity (Wildman–Crippen MR) is 94.1 cm³/mol. The molecular formula is C15H25ClN4O3S. The fourth-order valence-corrected chi connectivity index (χ4v) is 3.93. The monoisotopic (exact) mass is 376 g/mol. The van der Waals surface area contributed by atoms with E-state index in [1.165, 1.54) is 19.1 Å². The lowest BCUT2D eigenvalue weighted by molar-refractivity contribution is 0.0928. The molecule has 0 spiro atoms. The Morgan fingerprint density at radius 2 is 2.08 bits per heavy atom. The maximum atomic E-state index is 12.3. The Labute approximate surface area is 149 Å². The van der Waals surface area contributed by atoms with Crippen LogP contribution >= 0.6 is 12.4 Å². The smallest absolute Gasteiger partial charge is 0.254 e. The van der Waals surface area contributed by atoms with Crippen molar-refractivity contribution in [2.45, 2.75) is 18.9 Å². The largest absolute Gasteiger partial charge is 0.348 e. The van der Waals surface area contributed by atoms with Crippen LogP contribution in [0.25, 0.3) is 0 Å². The molecule has 1 aromatic heterocycles. The highest BCUT2D eigenvalue weighted by Crippen LogP contribution is 2.41. The van der Waals surface area contributed by atoms with Gasteiger partial charge in [-0.05, 0) is 24.7 Å². The van der Waals surface area contributed by atoms with Crippen LogP contribution in [-0.4, -0.2) is 66.7 Å². The lowest BCUT2D eigenvalue weighted by Crippen LogP contribution is -2.41. The first-order chi connectivity index (χ1) is 10.8. The topological polar surface area (TPSA) is 84.3 Å². The van der Waals surface area contributed by atoms with Crippen LogP contribution in [0.3, 0.4) is 0 Å². The van der Waals surface area contributed by atoms with Gasteiger partial charge in [0.25, 0.3) is 5.91 Å². The summed E-state index contributed by atoms with van der Waals surface area (Å²) in [6.45, 7) is 2.14. The van der Waals surface area contributed by atoms with Crippen molar-refractivity contribution in [2.75, 3.05) is 31.6 Å². The van der Waals surface area contributed by atoms with Gasteiger partial charge in [-0.25, -0.2) is 8.42 Å². The molecule has 1 aliphatic carbocycles. The summed E-state index contributed by atoms with van der Waals surface area (Å²) >= 11 is 0. The predicted octanol–water partition coefficient (Wildman–Crippen LogP) is 0.327. The first-order valence-corrected chi connectivity index (χ1v) is 10.1. The number of hydrogen-bond acceptors (Lipinski definition) is 5. The van der Waals surface area contributed by atoms with Gasteiger partial charge in [0.1, 0.15) is 9.84 Å². The molecule has 3 rings (SSSR count). The Kier molecular flexibility index (Phi) is 5.93. The standard InChI is InChI=1S/C15H24N4O3S.ClH/c1-18-8-12(7-16-18)15(20)17-14-10-19(5-6-23(2,21)22)9-13(14)11-3-4-11;/h7-8,11,13-14H,3-6,9-10H2,1-2H3,(H,17,20);1H/t13-,14+;/m1./s1. The van der Waals surface area contributed by atoms with E-state index >= 15 is 0 Å². The van der Waals surface area contributed by atoms with Crippen molar-refractivity contribution < 1.29 is 13.2 Å². The molecule has 1 N–H and O–H groups in total. The van der Waals surface area contributed by atoms with Crippen LogP contribution in [0.15, 0.2) is 12.4 Å². The molecule has 9 heteroatoms. The number of nitrogens with one attached hydrogen (secondary N) is 1. The quantitative estimate of drug-likeness (QED) is 0.773. The molecule has 24 heavy (non-hydrogen) atoms. The molecule has 1 amide bonds. The van der Waals surface area contributed by atoms with Gasteiger partial charge in [-0.15, -0.1) is 12.4 Å². The summed E-state index contributed by atoms with van der Waals surface area (Å²) in [6, 6.07) is 0.0924. The molecule has 2 aliphatic rings. The van der Waals surface area contributed by atoms with Crippen LogP contribution < -0.4 is 5.32 Å². The lowest BCUT2D eigenvalue weighted by atomic mass is 9.98. The molecular weight excluding hydrogens is 352 g/mol. The van der Waals surface area contributed by atoms with E-state index in [0.29, 0.717) is 23.9 Å². The summed E-state index contributed by atoms with van der Waals surface area (Å²) in [5, 5.41) is 7.15. The summed E-state index contributed by atoms with van der Waals surface area (Å²) in [7, 11) is -1.17. The first kappa shape index (κ1) is 19.2. The number of carbonyl (C=O) groups is 1. The van der Waals surface area contributed by atoms with E-state index in [2.05, 4.69) is 15.3 Å². The summed E-state index contributed by atoms with van der Waals surface area (Å²) in [4.78, 5) is 14.5. The first-order valence-electron chi connectivity index (χ1n) is 8.01. The highest BCUT2D eigenvalue weighted by molar-refractivity contribution is 7.90. The minimum atomic E-state index is -2.95. The Morgan fingerprint density at radius 3 is 2.62 bits per heavy atom. The highest BCUT2D eigenvalue weighted by atomic mass is 35.5. The maximum absolute atomic E-state index is 12.3. The average molecular weight is 377 g/mol. The van der Waals surface area contributed by atoms with Gasteiger partial charge in [-0.1, -0.05) is 0 Å². The minimum absolute atomic E-state index is 0. The van der Waals surface area contributed by atoms with Crippen molar-refractivity contribution >= 4 is 28.2 Å². The molecule has 2 heterocycles. The number of rotatable bonds is 6. The Bertz CT molecular complexity index is 687. The molecule has 0 bridgehead atoms. The number of aromatic nitrogens is 2. The summed E-state index contributed by atoms with van der Waals surface area (Å²) in [5.41, 5.74) is 0.566. The van der Waals surface area contributed by atoms with E-state index < -0.39 is 9.84 Å². The van der Waals surface area contributed by atoms with Crippen LogP contribution in [0.4, 0.5) is 0 Å². The third-order valence-corrected chi connectivity index (χ3v) is 5.65. The van der Waals surface area contributed by atoms with E-state index in [9.17, 15) is 13.2 Å². The van der Waals surface area contributed by atoms with Gasteiger partial charge in [0.2, 0.25) is 0 Å². The van der Waals surface area contributed by atoms with Crippen molar-refractivity contribution in [1.29, 1.82) is 0 Å². The van der Waals surface area contributed by atoms with Crippen LogP contribution in [0.5, 0.6) is 0 Å². The number of sulfone groups is 1. The number of carbonyl (C=O) groups excluding carboxylic acids is 1. The zero-order valence-electron chi connectivity index (χ0n) is 14.0. The molecule has 7 nitrogen and oxygen atoms in total. The van der Waals surface area contributed by atoms with Gasteiger partial charge in [-0.2, -0.15) is 5.10 Å². The Morgan fingerprint density at radius 1 is 1.38 bits per heavy atom. The van der Waals surface area contributed by atoms with Crippen LogP contribution in [0, 0.1) is 11.8 Å². The molecule has 1 aliphatic heterocycles.